The Morgan fingerprint density at radius 3 is 2.53 bits per heavy atom. The van der Waals surface area contributed by atoms with E-state index in [0.717, 1.165) is 30.7 Å². The number of alkyl halides is 1. The lowest BCUT2D eigenvalue weighted by molar-refractivity contribution is 0.563. The van der Waals surface area contributed by atoms with Crippen LogP contribution in [0.25, 0.3) is 10.9 Å². The van der Waals surface area contributed by atoms with Crippen LogP contribution in [0.1, 0.15) is 26.7 Å². The van der Waals surface area contributed by atoms with Crippen LogP contribution in [0.3, 0.4) is 0 Å². The van der Waals surface area contributed by atoms with E-state index in [1.54, 1.807) is 0 Å². The third kappa shape index (κ3) is 3.19. The first kappa shape index (κ1) is 14.1. The van der Waals surface area contributed by atoms with E-state index in [1.165, 1.54) is 5.39 Å². The Morgan fingerprint density at radius 1 is 1.11 bits per heavy atom. The van der Waals surface area contributed by atoms with Crippen LogP contribution >= 0.6 is 11.6 Å². The van der Waals surface area contributed by atoms with E-state index >= 15 is 0 Å². The topological polar surface area (TPSA) is 16.1 Å². The van der Waals surface area contributed by atoms with E-state index < -0.39 is 0 Å². The van der Waals surface area contributed by atoms with Gasteiger partial charge in [-0.25, -0.2) is 4.98 Å². The summed E-state index contributed by atoms with van der Waals surface area (Å²) in [6.07, 6.45) is 2.23. The molecular weight excluding hydrogens is 256 g/mol. The minimum Gasteiger partial charge on any atom is -0.352 e. The van der Waals surface area contributed by atoms with Crippen molar-refractivity contribution < 1.29 is 0 Å². The van der Waals surface area contributed by atoms with Gasteiger partial charge < -0.3 is 4.90 Å². The molecule has 0 saturated carbocycles. The molecule has 0 radical (unpaired) electrons. The van der Waals surface area contributed by atoms with Crippen LogP contribution in [0.5, 0.6) is 0 Å². The maximum absolute atomic E-state index is 5.95. The smallest absolute Gasteiger partial charge is 0.129 e. The second kappa shape index (κ2) is 6.76. The second-order valence-corrected chi connectivity index (χ2v) is 5.09. The lowest BCUT2D eigenvalue weighted by Gasteiger charge is -2.31. The number of hydrogen-bond donors (Lipinski definition) is 0. The lowest BCUT2D eigenvalue weighted by atomic mass is 10.1. The van der Waals surface area contributed by atoms with Crippen LogP contribution in [0.4, 0.5) is 5.82 Å². The van der Waals surface area contributed by atoms with Crippen molar-refractivity contribution >= 4 is 28.3 Å². The van der Waals surface area contributed by atoms with E-state index in [4.69, 9.17) is 16.6 Å². The van der Waals surface area contributed by atoms with Gasteiger partial charge in [0, 0.05) is 23.9 Å². The molecule has 102 valence electrons. The van der Waals surface area contributed by atoms with Crippen LogP contribution in [-0.2, 0) is 0 Å². The zero-order valence-electron chi connectivity index (χ0n) is 11.6. The summed E-state index contributed by atoms with van der Waals surface area (Å²) in [6, 6.07) is 13.0. The molecule has 19 heavy (non-hydrogen) atoms. The van der Waals surface area contributed by atoms with Crippen LogP contribution < -0.4 is 4.90 Å². The number of anilines is 1. The van der Waals surface area contributed by atoms with Gasteiger partial charge >= 0.3 is 0 Å². The fourth-order valence-electron chi connectivity index (χ4n) is 2.52. The Hall–Kier alpha value is -1.28. The van der Waals surface area contributed by atoms with Gasteiger partial charge in [0.2, 0.25) is 0 Å². The Morgan fingerprint density at radius 2 is 1.84 bits per heavy atom. The molecular formula is C16H21ClN2. The minimum atomic E-state index is 0.507. The summed E-state index contributed by atoms with van der Waals surface area (Å²) in [5, 5.41) is 1.18. The Labute approximate surface area is 120 Å². The lowest BCUT2D eigenvalue weighted by Crippen LogP contribution is -2.36. The molecule has 2 rings (SSSR count). The fourth-order valence-corrected chi connectivity index (χ4v) is 2.70. The largest absolute Gasteiger partial charge is 0.352 e. The number of pyridine rings is 1. The van der Waals surface area contributed by atoms with Gasteiger partial charge in [-0.15, -0.1) is 11.6 Å². The van der Waals surface area contributed by atoms with Crippen molar-refractivity contribution in [1.29, 1.82) is 0 Å². The molecule has 0 spiro atoms. The van der Waals surface area contributed by atoms with Gasteiger partial charge in [-0.2, -0.15) is 0 Å². The van der Waals surface area contributed by atoms with Crippen molar-refractivity contribution in [2.75, 3.05) is 17.3 Å². The summed E-state index contributed by atoms with van der Waals surface area (Å²) in [7, 11) is 0. The van der Waals surface area contributed by atoms with Crippen LogP contribution in [0, 0.1) is 0 Å². The minimum absolute atomic E-state index is 0.507. The summed E-state index contributed by atoms with van der Waals surface area (Å²) < 4.78 is 0. The number of aromatic nitrogens is 1. The van der Waals surface area contributed by atoms with Gasteiger partial charge in [0.15, 0.2) is 0 Å². The normalized spacial score (nSPS) is 11.2. The van der Waals surface area contributed by atoms with Crippen molar-refractivity contribution in [3.05, 3.63) is 36.4 Å². The molecule has 0 bridgehead atoms. The summed E-state index contributed by atoms with van der Waals surface area (Å²) in [6.45, 7) is 5.28. The maximum Gasteiger partial charge on any atom is 0.129 e. The highest BCUT2D eigenvalue weighted by atomic mass is 35.5. The number of rotatable bonds is 6. The second-order valence-electron chi connectivity index (χ2n) is 4.71. The average Bonchev–Trinajstić information content (AvgIpc) is 2.47. The molecule has 2 aromatic rings. The maximum atomic E-state index is 5.95. The first-order chi connectivity index (χ1) is 9.30. The van der Waals surface area contributed by atoms with Crippen LogP contribution in [0.15, 0.2) is 36.4 Å². The SMILES string of the molecule is CCC(CC)N(CCCl)c1ccc2ccccc2n1. The molecule has 0 aliphatic heterocycles. The molecule has 0 aliphatic carbocycles. The Bertz CT molecular complexity index is 523. The summed E-state index contributed by atoms with van der Waals surface area (Å²) in [5.41, 5.74) is 1.05. The number of fused-ring (bicyclic) bond motifs is 1. The highest BCUT2D eigenvalue weighted by Crippen LogP contribution is 2.22. The summed E-state index contributed by atoms with van der Waals surface area (Å²) in [4.78, 5) is 7.11. The van der Waals surface area contributed by atoms with Crippen LogP contribution in [-0.4, -0.2) is 23.5 Å². The van der Waals surface area contributed by atoms with Crippen molar-refractivity contribution in [2.24, 2.45) is 0 Å². The van der Waals surface area contributed by atoms with Gasteiger partial charge in [-0.1, -0.05) is 32.0 Å². The van der Waals surface area contributed by atoms with Crippen molar-refractivity contribution in [1.82, 2.24) is 4.98 Å². The fraction of sp³-hybridized carbons (Fsp3) is 0.438. The molecule has 0 aliphatic rings. The number of para-hydroxylation sites is 1. The number of halogens is 1. The molecule has 0 atom stereocenters. The number of benzene rings is 1. The third-order valence-electron chi connectivity index (χ3n) is 3.59. The van der Waals surface area contributed by atoms with Gasteiger partial charge in [-0.05, 0) is 31.0 Å². The highest BCUT2D eigenvalue weighted by molar-refractivity contribution is 6.18. The zero-order chi connectivity index (χ0) is 13.7. The molecule has 0 amide bonds. The molecule has 0 saturated heterocycles. The van der Waals surface area contributed by atoms with Crippen molar-refractivity contribution in [3.63, 3.8) is 0 Å². The number of nitrogens with zero attached hydrogens (tertiary/aromatic N) is 2. The molecule has 1 aromatic heterocycles. The molecule has 2 nitrogen and oxygen atoms in total. The average molecular weight is 277 g/mol. The molecule has 0 fully saturated rings. The molecule has 0 N–H and O–H groups in total. The van der Waals surface area contributed by atoms with E-state index in [2.05, 4.69) is 43.0 Å². The monoisotopic (exact) mass is 276 g/mol. The first-order valence-electron chi connectivity index (χ1n) is 6.98. The van der Waals surface area contributed by atoms with Crippen LogP contribution in [0.2, 0.25) is 0 Å². The van der Waals surface area contributed by atoms with Crippen molar-refractivity contribution in [2.45, 2.75) is 32.7 Å². The summed E-state index contributed by atoms with van der Waals surface area (Å²) >= 11 is 5.95. The molecule has 0 unspecified atom stereocenters. The standard InChI is InChI=1S/C16H21ClN2/c1-3-14(4-2)19(12-11-17)16-10-9-13-7-5-6-8-15(13)18-16/h5-10,14H,3-4,11-12H2,1-2H3. The summed E-state index contributed by atoms with van der Waals surface area (Å²) in [5.74, 6) is 1.67. The van der Waals surface area contributed by atoms with Gasteiger partial charge in [0.1, 0.15) is 5.82 Å². The molecule has 1 heterocycles. The zero-order valence-corrected chi connectivity index (χ0v) is 12.4. The third-order valence-corrected chi connectivity index (χ3v) is 3.76. The number of hydrogen-bond acceptors (Lipinski definition) is 2. The highest BCUT2D eigenvalue weighted by Gasteiger charge is 2.16. The predicted octanol–water partition coefficient (Wildman–Crippen LogP) is 4.47. The van der Waals surface area contributed by atoms with Gasteiger partial charge in [0.25, 0.3) is 0 Å². The molecule has 3 heteroatoms. The van der Waals surface area contributed by atoms with E-state index in [-0.39, 0.29) is 0 Å². The first-order valence-corrected chi connectivity index (χ1v) is 7.52. The predicted molar refractivity (Wildman–Crippen MR) is 84.2 cm³/mol. The van der Waals surface area contributed by atoms with Crippen molar-refractivity contribution in [3.8, 4) is 0 Å². The van der Waals surface area contributed by atoms with E-state index in [0.29, 0.717) is 11.9 Å². The molecule has 1 aromatic carbocycles. The van der Waals surface area contributed by atoms with E-state index in [1.807, 2.05) is 12.1 Å². The quantitative estimate of drug-likeness (QED) is 0.724. The van der Waals surface area contributed by atoms with E-state index in [9.17, 15) is 0 Å². The Balaban J connectivity index is 2.37. The van der Waals surface area contributed by atoms with Gasteiger partial charge in [0.05, 0.1) is 5.52 Å². The van der Waals surface area contributed by atoms with Gasteiger partial charge in [-0.3, -0.25) is 0 Å². The Kier molecular flexibility index (Phi) is 5.03.